The molecule has 1 aliphatic rings. The molecule has 1 aromatic rings. The molecule has 0 bridgehead atoms. The van der Waals surface area contributed by atoms with Crippen molar-refractivity contribution in [1.82, 2.24) is 20.0 Å². The number of aromatic nitrogens is 2. The summed E-state index contributed by atoms with van der Waals surface area (Å²) in [5.41, 5.74) is 1.29. The van der Waals surface area contributed by atoms with Gasteiger partial charge in [-0.05, 0) is 20.0 Å². The van der Waals surface area contributed by atoms with Crippen LogP contribution >= 0.6 is 0 Å². The predicted octanol–water partition coefficient (Wildman–Crippen LogP) is -0.631. The van der Waals surface area contributed by atoms with Crippen LogP contribution in [0.15, 0.2) is 12.4 Å². The molecular formula is C12H20N4O4. The monoisotopic (exact) mass is 284 g/mol. The second kappa shape index (κ2) is 7.61. The maximum atomic E-state index is 9.10. The Bertz CT molecular complexity index is 442. The number of carboxylic acid groups (broad SMARTS) is 2. The quantitative estimate of drug-likeness (QED) is 0.634. The summed E-state index contributed by atoms with van der Waals surface area (Å²) in [7, 11) is 4.14. The molecule has 3 N–H and O–H groups in total. The van der Waals surface area contributed by atoms with Crippen LogP contribution in [0, 0.1) is 0 Å². The molecular weight excluding hydrogens is 264 g/mol. The van der Waals surface area contributed by atoms with E-state index in [1.54, 1.807) is 0 Å². The number of carboxylic acids is 2. The number of aliphatic carboxylic acids is 2. The summed E-state index contributed by atoms with van der Waals surface area (Å²) in [5.74, 6) is -3.65. The number of nitrogens with zero attached hydrogens (tertiary/aromatic N) is 3. The van der Waals surface area contributed by atoms with Crippen molar-refractivity contribution in [1.29, 1.82) is 0 Å². The highest BCUT2D eigenvalue weighted by Gasteiger charge is 2.19. The van der Waals surface area contributed by atoms with Gasteiger partial charge in [-0.2, -0.15) is 5.10 Å². The number of hydrogen-bond donors (Lipinski definition) is 3. The smallest absolute Gasteiger partial charge is 0.414 e. The van der Waals surface area contributed by atoms with Gasteiger partial charge in [0, 0.05) is 37.9 Å². The SMILES string of the molecule is CN(Cc1cnn(C)c1)C1CCNC1.O=C(O)C(=O)O. The fourth-order valence-corrected chi connectivity index (χ4v) is 1.99. The minimum atomic E-state index is -1.82. The number of aryl methyl sites for hydroxylation is 1. The Labute approximate surface area is 117 Å². The van der Waals surface area contributed by atoms with Crippen LogP contribution in [0.3, 0.4) is 0 Å². The second-order valence-corrected chi connectivity index (χ2v) is 4.69. The van der Waals surface area contributed by atoms with Gasteiger partial charge >= 0.3 is 11.9 Å². The Morgan fingerprint density at radius 1 is 1.50 bits per heavy atom. The van der Waals surface area contributed by atoms with Gasteiger partial charge in [0.05, 0.1) is 6.20 Å². The van der Waals surface area contributed by atoms with Crippen LogP contribution in [0.2, 0.25) is 0 Å². The Morgan fingerprint density at radius 2 is 2.15 bits per heavy atom. The van der Waals surface area contributed by atoms with E-state index < -0.39 is 11.9 Å². The third-order valence-electron chi connectivity index (χ3n) is 3.03. The molecule has 1 saturated heterocycles. The molecule has 1 unspecified atom stereocenters. The lowest BCUT2D eigenvalue weighted by molar-refractivity contribution is -0.159. The molecule has 8 nitrogen and oxygen atoms in total. The van der Waals surface area contributed by atoms with E-state index >= 15 is 0 Å². The molecule has 0 radical (unpaired) electrons. The lowest BCUT2D eigenvalue weighted by Gasteiger charge is -2.22. The van der Waals surface area contributed by atoms with Gasteiger partial charge in [-0.1, -0.05) is 0 Å². The first-order valence-electron chi connectivity index (χ1n) is 6.25. The predicted molar refractivity (Wildman–Crippen MR) is 71.2 cm³/mol. The van der Waals surface area contributed by atoms with Crippen LogP contribution in [0.5, 0.6) is 0 Å². The molecule has 0 spiro atoms. The van der Waals surface area contributed by atoms with Gasteiger partial charge in [0.15, 0.2) is 0 Å². The Morgan fingerprint density at radius 3 is 2.55 bits per heavy atom. The molecule has 0 saturated carbocycles. The highest BCUT2D eigenvalue weighted by molar-refractivity contribution is 6.27. The van der Waals surface area contributed by atoms with Gasteiger partial charge in [-0.3, -0.25) is 9.58 Å². The number of hydrogen-bond acceptors (Lipinski definition) is 5. The minimum absolute atomic E-state index is 0.690. The summed E-state index contributed by atoms with van der Waals surface area (Å²) in [4.78, 5) is 20.6. The summed E-state index contributed by atoms with van der Waals surface area (Å²) < 4.78 is 1.86. The summed E-state index contributed by atoms with van der Waals surface area (Å²) in [5, 5.41) is 22.3. The highest BCUT2D eigenvalue weighted by atomic mass is 16.4. The fourth-order valence-electron chi connectivity index (χ4n) is 1.99. The van der Waals surface area contributed by atoms with E-state index in [0.29, 0.717) is 6.04 Å². The van der Waals surface area contributed by atoms with Crippen LogP contribution in [0.25, 0.3) is 0 Å². The second-order valence-electron chi connectivity index (χ2n) is 4.69. The van der Waals surface area contributed by atoms with Crippen molar-refractivity contribution in [2.75, 3.05) is 20.1 Å². The van der Waals surface area contributed by atoms with E-state index in [1.807, 2.05) is 17.9 Å². The first-order chi connectivity index (χ1) is 9.40. The van der Waals surface area contributed by atoms with Gasteiger partial charge in [0.25, 0.3) is 0 Å². The van der Waals surface area contributed by atoms with Gasteiger partial charge < -0.3 is 15.5 Å². The molecule has 112 valence electrons. The van der Waals surface area contributed by atoms with E-state index in [-0.39, 0.29) is 0 Å². The number of rotatable bonds is 3. The maximum Gasteiger partial charge on any atom is 0.414 e. The Kier molecular flexibility index (Phi) is 6.13. The minimum Gasteiger partial charge on any atom is -0.473 e. The van der Waals surface area contributed by atoms with Gasteiger partial charge in [0.2, 0.25) is 0 Å². The third-order valence-corrected chi connectivity index (χ3v) is 3.03. The number of carbonyl (C=O) groups is 2. The van der Waals surface area contributed by atoms with E-state index in [1.165, 1.54) is 12.0 Å². The Hall–Kier alpha value is -1.93. The molecule has 1 fully saturated rings. The van der Waals surface area contributed by atoms with Crippen molar-refractivity contribution < 1.29 is 19.8 Å². The number of nitrogens with one attached hydrogen (secondary N) is 1. The van der Waals surface area contributed by atoms with Crippen molar-refractivity contribution in [3.8, 4) is 0 Å². The average molecular weight is 284 g/mol. The van der Waals surface area contributed by atoms with Crippen LogP contribution in [0.1, 0.15) is 12.0 Å². The molecule has 1 aromatic heterocycles. The lowest BCUT2D eigenvalue weighted by Crippen LogP contribution is -2.32. The van der Waals surface area contributed by atoms with Crippen molar-refractivity contribution in [2.45, 2.75) is 19.0 Å². The maximum absolute atomic E-state index is 9.10. The van der Waals surface area contributed by atoms with Gasteiger partial charge in [-0.25, -0.2) is 9.59 Å². The summed E-state index contributed by atoms with van der Waals surface area (Å²) in [6, 6.07) is 0.690. The Balaban J connectivity index is 0.000000286. The lowest BCUT2D eigenvalue weighted by atomic mass is 10.2. The standard InChI is InChI=1S/C10H18N4.C2H2O4/c1-13(10-3-4-11-6-10)7-9-5-12-14(2)8-9;3-1(4)2(5)6/h5,8,10-11H,3-4,6-7H2,1-2H3;(H,3,4)(H,5,6). The molecule has 8 heteroatoms. The first-order valence-corrected chi connectivity index (χ1v) is 6.25. The molecule has 0 amide bonds. The highest BCUT2D eigenvalue weighted by Crippen LogP contribution is 2.10. The first kappa shape index (κ1) is 16.1. The molecule has 2 rings (SSSR count). The topological polar surface area (TPSA) is 108 Å². The van der Waals surface area contributed by atoms with Crippen LogP contribution in [0.4, 0.5) is 0 Å². The van der Waals surface area contributed by atoms with E-state index in [0.717, 1.165) is 19.6 Å². The van der Waals surface area contributed by atoms with Crippen molar-refractivity contribution in [2.24, 2.45) is 7.05 Å². The summed E-state index contributed by atoms with van der Waals surface area (Å²) in [6.45, 7) is 3.28. The largest absolute Gasteiger partial charge is 0.473 e. The fraction of sp³-hybridized carbons (Fsp3) is 0.583. The van der Waals surface area contributed by atoms with Crippen LogP contribution in [-0.2, 0) is 23.2 Å². The zero-order chi connectivity index (χ0) is 15.1. The molecule has 1 atom stereocenters. The zero-order valence-corrected chi connectivity index (χ0v) is 11.6. The van der Waals surface area contributed by atoms with Gasteiger partial charge in [-0.15, -0.1) is 0 Å². The molecule has 0 aromatic carbocycles. The zero-order valence-electron chi connectivity index (χ0n) is 11.6. The molecule has 1 aliphatic heterocycles. The van der Waals surface area contributed by atoms with Crippen molar-refractivity contribution in [3.63, 3.8) is 0 Å². The molecule has 0 aliphatic carbocycles. The van der Waals surface area contributed by atoms with Crippen LogP contribution < -0.4 is 5.32 Å². The normalized spacial score (nSPS) is 17.6. The van der Waals surface area contributed by atoms with Crippen molar-refractivity contribution >= 4 is 11.9 Å². The average Bonchev–Trinajstić information content (AvgIpc) is 3.01. The van der Waals surface area contributed by atoms with Crippen LogP contribution in [-0.4, -0.2) is 63.0 Å². The molecule has 20 heavy (non-hydrogen) atoms. The molecule has 2 heterocycles. The summed E-state index contributed by atoms with van der Waals surface area (Å²) >= 11 is 0. The van der Waals surface area contributed by atoms with E-state index in [4.69, 9.17) is 19.8 Å². The summed E-state index contributed by atoms with van der Waals surface area (Å²) in [6.07, 6.45) is 5.29. The van der Waals surface area contributed by atoms with E-state index in [9.17, 15) is 0 Å². The number of likely N-dealkylation sites (N-methyl/N-ethyl adjacent to an activating group) is 1. The van der Waals surface area contributed by atoms with Gasteiger partial charge in [0.1, 0.15) is 0 Å². The third kappa shape index (κ3) is 5.37. The van der Waals surface area contributed by atoms with E-state index in [2.05, 4.69) is 28.6 Å². The van der Waals surface area contributed by atoms with Crippen molar-refractivity contribution in [3.05, 3.63) is 18.0 Å².